The Morgan fingerprint density at radius 1 is 1.16 bits per heavy atom. The van der Waals surface area contributed by atoms with Gasteiger partial charge in [0.15, 0.2) is 0 Å². The van der Waals surface area contributed by atoms with E-state index in [1.807, 2.05) is 56.4 Å². The summed E-state index contributed by atoms with van der Waals surface area (Å²) in [6.45, 7) is 4.60. The molecule has 0 aliphatic heterocycles. The Bertz CT molecular complexity index is 505. The van der Waals surface area contributed by atoms with Crippen LogP contribution in [0.3, 0.4) is 0 Å². The smallest absolute Gasteiger partial charge is 0.119 e. The Balaban J connectivity index is 2.02. The molecule has 1 aromatic heterocycles. The normalized spacial score (nSPS) is 12.2. The molecule has 0 saturated carbocycles. The maximum absolute atomic E-state index is 10.2. The summed E-state index contributed by atoms with van der Waals surface area (Å²) < 4.78 is 5.38. The van der Waals surface area contributed by atoms with E-state index >= 15 is 0 Å². The van der Waals surface area contributed by atoms with Crippen LogP contribution in [0.5, 0.6) is 5.75 Å². The van der Waals surface area contributed by atoms with Crippen LogP contribution in [0.25, 0.3) is 0 Å². The monoisotopic (exact) mass is 257 g/mol. The maximum atomic E-state index is 10.2. The summed E-state index contributed by atoms with van der Waals surface area (Å²) >= 11 is 0. The van der Waals surface area contributed by atoms with E-state index in [4.69, 9.17) is 4.74 Å². The van der Waals surface area contributed by atoms with Crippen LogP contribution >= 0.6 is 0 Å². The van der Waals surface area contributed by atoms with Gasteiger partial charge in [-0.15, -0.1) is 0 Å². The summed E-state index contributed by atoms with van der Waals surface area (Å²) in [5.41, 5.74) is 2.90. The number of pyridine rings is 1. The van der Waals surface area contributed by atoms with Crippen molar-refractivity contribution in [3.8, 4) is 5.75 Å². The fourth-order valence-corrected chi connectivity index (χ4v) is 1.89. The summed E-state index contributed by atoms with van der Waals surface area (Å²) in [5, 5.41) is 10.2. The second kappa shape index (κ2) is 6.34. The number of aryl methyl sites for hydroxylation is 1. The first-order valence-electron chi connectivity index (χ1n) is 6.51. The van der Waals surface area contributed by atoms with Gasteiger partial charge in [0.2, 0.25) is 0 Å². The lowest BCUT2D eigenvalue weighted by molar-refractivity contribution is 0.177. The number of aliphatic hydroxyl groups excluding tert-OH is 1. The zero-order valence-electron chi connectivity index (χ0n) is 11.3. The summed E-state index contributed by atoms with van der Waals surface area (Å²) in [6.07, 6.45) is 1.81. The Hall–Kier alpha value is -1.87. The van der Waals surface area contributed by atoms with E-state index in [9.17, 15) is 5.11 Å². The number of rotatable bonds is 5. The molecule has 3 nitrogen and oxygen atoms in total. The molecule has 1 N–H and O–H groups in total. The molecule has 0 spiro atoms. The first-order chi connectivity index (χ1) is 9.19. The molecule has 0 radical (unpaired) electrons. The summed E-state index contributed by atoms with van der Waals surface area (Å²) in [6, 6.07) is 11.5. The number of aliphatic hydroxyl groups is 1. The van der Waals surface area contributed by atoms with Gasteiger partial charge in [0.1, 0.15) is 5.75 Å². The highest BCUT2D eigenvalue weighted by Gasteiger charge is 2.09. The molecule has 100 valence electrons. The zero-order valence-corrected chi connectivity index (χ0v) is 11.3. The van der Waals surface area contributed by atoms with E-state index < -0.39 is 6.10 Å². The lowest BCUT2D eigenvalue weighted by Gasteiger charge is -2.11. The van der Waals surface area contributed by atoms with Gasteiger partial charge < -0.3 is 9.84 Å². The van der Waals surface area contributed by atoms with Crippen LogP contribution < -0.4 is 4.74 Å². The molecule has 19 heavy (non-hydrogen) atoms. The molecule has 0 amide bonds. The highest BCUT2D eigenvalue weighted by Crippen LogP contribution is 2.20. The molecule has 1 unspecified atom stereocenters. The van der Waals surface area contributed by atoms with Crippen molar-refractivity contribution in [2.75, 3.05) is 6.61 Å². The van der Waals surface area contributed by atoms with Crippen molar-refractivity contribution in [1.82, 2.24) is 4.98 Å². The van der Waals surface area contributed by atoms with Crippen LogP contribution in [-0.2, 0) is 6.42 Å². The molecule has 2 rings (SSSR count). The second-order valence-electron chi connectivity index (χ2n) is 4.55. The third kappa shape index (κ3) is 3.80. The van der Waals surface area contributed by atoms with Crippen LogP contribution in [0.1, 0.15) is 29.8 Å². The summed E-state index contributed by atoms with van der Waals surface area (Å²) in [7, 11) is 0. The SMILES string of the molecule is CCOc1ccc(C(O)Cc2ccc(C)cn2)cc1. The van der Waals surface area contributed by atoms with E-state index in [0.717, 1.165) is 22.6 Å². The van der Waals surface area contributed by atoms with Gasteiger partial charge in [-0.2, -0.15) is 0 Å². The van der Waals surface area contributed by atoms with E-state index in [-0.39, 0.29) is 0 Å². The van der Waals surface area contributed by atoms with Gasteiger partial charge in [0, 0.05) is 18.3 Å². The van der Waals surface area contributed by atoms with Crippen LogP contribution in [0, 0.1) is 6.92 Å². The number of ether oxygens (including phenoxy) is 1. The van der Waals surface area contributed by atoms with E-state index in [0.29, 0.717) is 13.0 Å². The van der Waals surface area contributed by atoms with Crippen LogP contribution in [-0.4, -0.2) is 16.7 Å². The van der Waals surface area contributed by atoms with Crippen molar-refractivity contribution < 1.29 is 9.84 Å². The zero-order chi connectivity index (χ0) is 13.7. The van der Waals surface area contributed by atoms with E-state index in [1.165, 1.54) is 0 Å². The lowest BCUT2D eigenvalue weighted by atomic mass is 10.0. The second-order valence-corrected chi connectivity index (χ2v) is 4.55. The van der Waals surface area contributed by atoms with Crippen molar-refractivity contribution in [3.05, 3.63) is 59.4 Å². The van der Waals surface area contributed by atoms with Crippen molar-refractivity contribution in [2.24, 2.45) is 0 Å². The fraction of sp³-hybridized carbons (Fsp3) is 0.312. The minimum atomic E-state index is -0.536. The number of hydrogen-bond acceptors (Lipinski definition) is 3. The summed E-state index contributed by atoms with van der Waals surface area (Å²) in [4.78, 5) is 4.31. The highest BCUT2D eigenvalue weighted by molar-refractivity contribution is 5.29. The Kier molecular flexibility index (Phi) is 4.53. The number of benzene rings is 1. The maximum Gasteiger partial charge on any atom is 0.119 e. The van der Waals surface area contributed by atoms with Gasteiger partial charge in [-0.25, -0.2) is 0 Å². The highest BCUT2D eigenvalue weighted by atomic mass is 16.5. The predicted octanol–water partition coefficient (Wildman–Crippen LogP) is 3.06. The average Bonchev–Trinajstić information content (AvgIpc) is 2.42. The van der Waals surface area contributed by atoms with Gasteiger partial charge in [0.25, 0.3) is 0 Å². The predicted molar refractivity (Wildman–Crippen MR) is 75.2 cm³/mol. The first-order valence-corrected chi connectivity index (χ1v) is 6.51. The molecule has 2 aromatic rings. The molecule has 0 fully saturated rings. The fourth-order valence-electron chi connectivity index (χ4n) is 1.89. The van der Waals surface area contributed by atoms with Gasteiger partial charge in [-0.3, -0.25) is 4.98 Å². The molecule has 1 aromatic carbocycles. The van der Waals surface area contributed by atoms with Crippen LogP contribution in [0.2, 0.25) is 0 Å². The molecule has 0 aliphatic rings. The largest absolute Gasteiger partial charge is 0.494 e. The Morgan fingerprint density at radius 3 is 2.47 bits per heavy atom. The quantitative estimate of drug-likeness (QED) is 0.895. The van der Waals surface area contributed by atoms with E-state index in [2.05, 4.69) is 4.98 Å². The van der Waals surface area contributed by atoms with Crippen molar-refractivity contribution in [2.45, 2.75) is 26.4 Å². The molecule has 1 heterocycles. The van der Waals surface area contributed by atoms with Crippen molar-refractivity contribution in [3.63, 3.8) is 0 Å². The molecular formula is C16H19NO2. The first kappa shape index (κ1) is 13.6. The number of aromatic nitrogens is 1. The van der Waals surface area contributed by atoms with Gasteiger partial charge >= 0.3 is 0 Å². The molecule has 3 heteroatoms. The summed E-state index contributed by atoms with van der Waals surface area (Å²) in [5.74, 6) is 0.826. The molecule has 1 atom stereocenters. The molecular weight excluding hydrogens is 238 g/mol. The third-order valence-corrected chi connectivity index (χ3v) is 2.95. The Morgan fingerprint density at radius 2 is 1.89 bits per heavy atom. The standard InChI is InChI=1S/C16H19NO2/c1-3-19-15-8-5-13(6-9-15)16(18)10-14-7-4-12(2)11-17-14/h4-9,11,16,18H,3,10H2,1-2H3. The number of nitrogens with zero attached hydrogens (tertiary/aromatic N) is 1. The van der Waals surface area contributed by atoms with Gasteiger partial charge in [-0.05, 0) is 43.2 Å². The molecule has 0 aliphatic carbocycles. The van der Waals surface area contributed by atoms with Gasteiger partial charge in [0.05, 0.1) is 12.7 Å². The van der Waals surface area contributed by atoms with Crippen LogP contribution in [0.15, 0.2) is 42.6 Å². The topological polar surface area (TPSA) is 42.4 Å². The number of hydrogen-bond donors (Lipinski definition) is 1. The average molecular weight is 257 g/mol. The van der Waals surface area contributed by atoms with E-state index in [1.54, 1.807) is 0 Å². The minimum absolute atomic E-state index is 0.522. The lowest BCUT2D eigenvalue weighted by Crippen LogP contribution is -2.03. The van der Waals surface area contributed by atoms with Crippen molar-refractivity contribution >= 4 is 0 Å². The molecule has 0 saturated heterocycles. The van der Waals surface area contributed by atoms with Crippen LogP contribution in [0.4, 0.5) is 0 Å². The Labute approximate surface area is 113 Å². The minimum Gasteiger partial charge on any atom is -0.494 e. The third-order valence-electron chi connectivity index (χ3n) is 2.95. The molecule has 0 bridgehead atoms. The van der Waals surface area contributed by atoms with Gasteiger partial charge in [-0.1, -0.05) is 18.2 Å². The van der Waals surface area contributed by atoms with Crippen molar-refractivity contribution in [1.29, 1.82) is 0 Å².